The van der Waals surface area contributed by atoms with Crippen LogP contribution in [0.4, 0.5) is 5.69 Å². The first kappa shape index (κ1) is 19.7. The summed E-state index contributed by atoms with van der Waals surface area (Å²) in [5.41, 5.74) is 2.49. The number of carbonyl (C=O) groups excluding carboxylic acids is 2. The fourth-order valence-corrected chi connectivity index (χ4v) is 3.13. The first-order chi connectivity index (χ1) is 14.7. The van der Waals surface area contributed by atoms with E-state index in [0.717, 1.165) is 24.2 Å². The van der Waals surface area contributed by atoms with Crippen LogP contribution < -0.4 is 10.1 Å². The highest BCUT2D eigenvalue weighted by Gasteiger charge is 2.29. The maximum Gasteiger partial charge on any atom is 0.357 e. The summed E-state index contributed by atoms with van der Waals surface area (Å²) in [5, 5.41) is 7.31. The van der Waals surface area contributed by atoms with Crippen molar-refractivity contribution in [1.29, 1.82) is 0 Å². The minimum Gasteiger partial charge on any atom is -0.492 e. The molecular weight excluding hydrogens is 382 g/mol. The summed E-state index contributed by atoms with van der Waals surface area (Å²) >= 11 is 0. The largest absolute Gasteiger partial charge is 0.492 e. The molecule has 0 spiro atoms. The van der Waals surface area contributed by atoms with Gasteiger partial charge in [0.15, 0.2) is 12.3 Å². The first-order valence-corrected chi connectivity index (χ1v) is 10.00. The fraction of sp³-hybridized carbons (Fsp3) is 0.261. The molecule has 1 saturated carbocycles. The summed E-state index contributed by atoms with van der Waals surface area (Å²) in [6.45, 7) is 1.94. The number of hydrogen-bond acceptors (Lipinski definition) is 5. The van der Waals surface area contributed by atoms with E-state index in [1.165, 1.54) is 0 Å². The molecular formula is C23H23N3O4. The Morgan fingerprint density at radius 2 is 1.83 bits per heavy atom. The smallest absolute Gasteiger partial charge is 0.357 e. The van der Waals surface area contributed by atoms with Gasteiger partial charge in [-0.1, -0.05) is 30.3 Å². The molecule has 3 aromatic rings. The van der Waals surface area contributed by atoms with Gasteiger partial charge in [0, 0.05) is 5.92 Å². The number of benzene rings is 2. The third-order valence-electron chi connectivity index (χ3n) is 4.73. The number of nitrogens with one attached hydrogen (secondary N) is 1. The number of rotatable bonds is 8. The minimum atomic E-state index is -0.591. The van der Waals surface area contributed by atoms with E-state index in [0.29, 0.717) is 29.7 Å². The molecule has 7 nitrogen and oxygen atoms in total. The van der Waals surface area contributed by atoms with Gasteiger partial charge in [-0.25, -0.2) is 9.48 Å². The van der Waals surface area contributed by atoms with Gasteiger partial charge in [0.05, 0.1) is 23.7 Å². The van der Waals surface area contributed by atoms with Crippen LogP contribution in [0.5, 0.6) is 5.75 Å². The van der Waals surface area contributed by atoms with Crippen molar-refractivity contribution >= 4 is 17.6 Å². The molecule has 30 heavy (non-hydrogen) atoms. The fourth-order valence-electron chi connectivity index (χ4n) is 3.13. The second-order valence-corrected chi connectivity index (χ2v) is 7.03. The zero-order valence-corrected chi connectivity index (χ0v) is 16.7. The molecule has 4 rings (SSSR count). The second-order valence-electron chi connectivity index (χ2n) is 7.03. The van der Waals surface area contributed by atoms with E-state index in [1.54, 1.807) is 28.9 Å². The van der Waals surface area contributed by atoms with Crippen LogP contribution in [0.3, 0.4) is 0 Å². The molecule has 1 aliphatic rings. The van der Waals surface area contributed by atoms with Gasteiger partial charge < -0.3 is 14.8 Å². The zero-order chi connectivity index (χ0) is 20.9. The first-order valence-electron chi connectivity index (χ1n) is 10.00. The molecule has 0 bridgehead atoms. The van der Waals surface area contributed by atoms with Crippen molar-refractivity contribution in [1.82, 2.24) is 9.78 Å². The van der Waals surface area contributed by atoms with Crippen LogP contribution in [-0.2, 0) is 9.53 Å². The Labute approximate surface area is 174 Å². The SMILES string of the molecule is CCOc1ccccc1NC(=O)COC(=O)c1cc(C2CC2)nn1-c1ccccc1. The highest BCUT2D eigenvalue weighted by molar-refractivity contribution is 5.96. The van der Waals surface area contributed by atoms with Crippen molar-refractivity contribution in [3.8, 4) is 11.4 Å². The van der Waals surface area contributed by atoms with Crippen LogP contribution >= 0.6 is 0 Å². The summed E-state index contributed by atoms with van der Waals surface area (Å²) in [5.74, 6) is -0.0778. The summed E-state index contributed by atoms with van der Waals surface area (Å²) in [6.07, 6.45) is 2.14. The van der Waals surface area contributed by atoms with Gasteiger partial charge in [-0.2, -0.15) is 5.10 Å². The molecule has 1 amide bonds. The lowest BCUT2D eigenvalue weighted by Gasteiger charge is -2.11. The van der Waals surface area contributed by atoms with E-state index in [1.807, 2.05) is 43.3 Å². The van der Waals surface area contributed by atoms with Crippen molar-refractivity contribution in [2.24, 2.45) is 0 Å². The number of para-hydroxylation sites is 3. The normalized spacial score (nSPS) is 13.0. The minimum absolute atomic E-state index is 0.311. The van der Waals surface area contributed by atoms with E-state index in [2.05, 4.69) is 10.4 Å². The van der Waals surface area contributed by atoms with Crippen molar-refractivity contribution < 1.29 is 19.1 Å². The van der Waals surface area contributed by atoms with Crippen LogP contribution in [0.2, 0.25) is 0 Å². The highest BCUT2D eigenvalue weighted by Crippen LogP contribution is 2.39. The lowest BCUT2D eigenvalue weighted by atomic mass is 10.2. The molecule has 0 unspecified atom stereocenters. The molecule has 0 atom stereocenters. The van der Waals surface area contributed by atoms with Crippen molar-refractivity contribution in [3.05, 3.63) is 72.1 Å². The number of carbonyl (C=O) groups is 2. The molecule has 0 saturated heterocycles. The molecule has 1 aromatic heterocycles. The predicted molar refractivity (Wildman–Crippen MR) is 112 cm³/mol. The van der Waals surface area contributed by atoms with Gasteiger partial charge in [0.2, 0.25) is 0 Å². The Hall–Kier alpha value is -3.61. The third kappa shape index (κ3) is 4.51. The number of esters is 1. The van der Waals surface area contributed by atoms with Crippen molar-refractivity contribution in [3.63, 3.8) is 0 Å². The van der Waals surface area contributed by atoms with Gasteiger partial charge in [0.1, 0.15) is 5.75 Å². The Balaban J connectivity index is 1.45. The molecule has 1 fully saturated rings. The molecule has 0 aliphatic heterocycles. The quantitative estimate of drug-likeness (QED) is 0.574. The number of aromatic nitrogens is 2. The number of nitrogens with zero attached hydrogens (tertiary/aromatic N) is 2. The average Bonchev–Trinajstić information content (AvgIpc) is 3.52. The summed E-state index contributed by atoms with van der Waals surface area (Å²) < 4.78 is 12.4. The van der Waals surface area contributed by atoms with Crippen LogP contribution in [0.15, 0.2) is 60.7 Å². The number of ether oxygens (including phenoxy) is 2. The van der Waals surface area contributed by atoms with Crippen molar-refractivity contribution in [2.75, 3.05) is 18.5 Å². The highest BCUT2D eigenvalue weighted by atomic mass is 16.5. The lowest BCUT2D eigenvalue weighted by Crippen LogP contribution is -2.22. The number of amides is 1. The van der Waals surface area contributed by atoms with Crippen LogP contribution in [0, 0.1) is 0 Å². The van der Waals surface area contributed by atoms with Crippen LogP contribution in [0.1, 0.15) is 41.9 Å². The lowest BCUT2D eigenvalue weighted by molar-refractivity contribution is -0.119. The summed E-state index contributed by atoms with van der Waals surface area (Å²) in [6, 6.07) is 18.3. The predicted octanol–water partition coefficient (Wildman–Crippen LogP) is 3.94. The van der Waals surface area contributed by atoms with E-state index in [4.69, 9.17) is 9.47 Å². The van der Waals surface area contributed by atoms with Crippen molar-refractivity contribution in [2.45, 2.75) is 25.7 Å². The maximum atomic E-state index is 12.7. The topological polar surface area (TPSA) is 82.4 Å². The third-order valence-corrected chi connectivity index (χ3v) is 4.73. The van der Waals surface area contributed by atoms with Crippen LogP contribution in [-0.4, -0.2) is 34.9 Å². The Kier molecular flexibility index (Phi) is 5.79. The standard InChI is InChI=1S/C23H23N3O4/c1-2-29-21-11-7-6-10-18(21)24-22(27)15-30-23(28)20-14-19(16-12-13-16)25-26(20)17-8-4-3-5-9-17/h3-11,14,16H,2,12-13,15H2,1H3,(H,24,27). The van der Waals surface area contributed by atoms with E-state index in [-0.39, 0.29) is 0 Å². The average molecular weight is 405 g/mol. The van der Waals surface area contributed by atoms with Gasteiger partial charge in [-0.05, 0) is 50.1 Å². The number of anilines is 1. The second kappa shape index (κ2) is 8.82. The molecule has 2 aromatic carbocycles. The number of hydrogen-bond donors (Lipinski definition) is 1. The maximum absolute atomic E-state index is 12.7. The van der Waals surface area contributed by atoms with Gasteiger partial charge >= 0.3 is 5.97 Å². The van der Waals surface area contributed by atoms with E-state index in [9.17, 15) is 9.59 Å². The summed E-state index contributed by atoms with van der Waals surface area (Å²) in [4.78, 5) is 25.1. The van der Waals surface area contributed by atoms with Gasteiger partial charge in [0.25, 0.3) is 5.91 Å². The monoisotopic (exact) mass is 405 g/mol. The van der Waals surface area contributed by atoms with E-state index >= 15 is 0 Å². The Morgan fingerprint density at radius 3 is 2.57 bits per heavy atom. The molecule has 1 aliphatic carbocycles. The molecule has 154 valence electrons. The molecule has 0 radical (unpaired) electrons. The zero-order valence-electron chi connectivity index (χ0n) is 16.7. The Bertz CT molecular complexity index is 1040. The molecule has 7 heteroatoms. The van der Waals surface area contributed by atoms with Crippen LogP contribution in [0.25, 0.3) is 5.69 Å². The molecule has 1 N–H and O–H groups in total. The Morgan fingerprint density at radius 1 is 1.10 bits per heavy atom. The molecule has 1 heterocycles. The van der Waals surface area contributed by atoms with E-state index < -0.39 is 18.5 Å². The van der Waals surface area contributed by atoms with Gasteiger partial charge in [-0.15, -0.1) is 0 Å². The summed E-state index contributed by atoms with van der Waals surface area (Å²) in [7, 11) is 0. The van der Waals surface area contributed by atoms with Gasteiger partial charge in [-0.3, -0.25) is 4.79 Å².